The summed E-state index contributed by atoms with van der Waals surface area (Å²) in [5, 5.41) is 2.50. The van der Waals surface area contributed by atoms with Crippen LogP contribution in [-0.2, 0) is 4.79 Å². The third-order valence-corrected chi connectivity index (χ3v) is 1.33. The van der Waals surface area contributed by atoms with E-state index in [1.807, 2.05) is 0 Å². The molecule has 1 rings (SSSR count). The Kier molecular flexibility index (Phi) is 2.53. The van der Waals surface area contributed by atoms with E-state index in [1.165, 1.54) is 19.3 Å². The van der Waals surface area contributed by atoms with Gasteiger partial charge in [0, 0.05) is 6.92 Å². The van der Waals surface area contributed by atoms with Crippen LogP contribution in [0, 0.1) is 0 Å². The summed E-state index contributed by atoms with van der Waals surface area (Å²) in [6, 6.07) is 0. The fourth-order valence-electron chi connectivity index (χ4n) is 0.557. The fraction of sp³-hybridized carbons (Fsp3) is 0.167. The maximum atomic E-state index is 10.5. The summed E-state index contributed by atoms with van der Waals surface area (Å²) in [7, 11) is 0. The van der Waals surface area contributed by atoms with Crippen LogP contribution in [0.1, 0.15) is 6.92 Å². The molecule has 0 radical (unpaired) electrons. The molecule has 0 aliphatic heterocycles. The molecule has 5 heteroatoms. The SMILES string of the molecule is CC(=O)Nc1cnc(Br)cn1. The predicted octanol–water partition coefficient (Wildman–Crippen LogP) is 1.20. The van der Waals surface area contributed by atoms with Gasteiger partial charge in [0.2, 0.25) is 5.91 Å². The van der Waals surface area contributed by atoms with Crippen molar-refractivity contribution in [2.75, 3.05) is 5.32 Å². The number of halogens is 1. The van der Waals surface area contributed by atoms with Crippen LogP contribution in [0.2, 0.25) is 0 Å². The second-order valence-corrected chi connectivity index (χ2v) is 2.72. The number of carbonyl (C=O) groups excluding carboxylic acids is 1. The van der Waals surface area contributed by atoms with Crippen molar-refractivity contribution in [3.05, 3.63) is 17.0 Å². The molecule has 0 saturated carbocycles. The molecule has 0 aliphatic rings. The van der Waals surface area contributed by atoms with Gasteiger partial charge in [-0.1, -0.05) is 0 Å². The van der Waals surface area contributed by atoms with Crippen LogP contribution in [-0.4, -0.2) is 15.9 Å². The Labute approximate surface area is 72.2 Å². The molecule has 0 unspecified atom stereocenters. The van der Waals surface area contributed by atoms with Crippen LogP contribution >= 0.6 is 15.9 Å². The maximum absolute atomic E-state index is 10.5. The van der Waals surface area contributed by atoms with Crippen molar-refractivity contribution in [1.82, 2.24) is 9.97 Å². The molecule has 1 aromatic rings. The molecule has 58 valence electrons. The van der Waals surface area contributed by atoms with Crippen LogP contribution < -0.4 is 5.32 Å². The number of hydrogen-bond acceptors (Lipinski definition) is 3. The molecule has 0 bridgehead atoms. The minimum absolute atomic E-state index is 0.151. The first-order valence-electron chi connectivity index (χ1n) is 2.93. The first-order valence-corrected chi connectivity index (χ1v) is 3.73. The van der Waals surface area contributed by atoms with E-state index in [0.29, 0.717) is 10.4 Å². The monoisotopic (exact) mass is 215 g/mol. The summed E-state index contributed by atoms with van der Waals surface area (Å²) >= 11 is 3.13. The van der Waals surface area contributed by atoms with Crippen molar-refractivity contribution in [2.24, 2.45) is 0 Å². The van der Waals surface area contributed by atoms with Gasteiger partial charge >= 0.3 is 0 Å². The number of nitrogens with zero attached hydrogens (tertiary/aromatic N) is 2. The van der Waals surface area contributed by atoms with Gasteiger partial charge in [-0.2, -0.15) is 0 Å². The molecular formula is C6H6BrN3O. The summed E-state index contributed by atoms with van der Waals surface area (Å²) in [6.45, 7) is 1.42. The van der Waals surface area contributed by atoms with Gasteiger partial charge < -0.3 is 5.32 Å². The first-order chi connectivity index (χ1) is 5.18. The van der Waals surface area contributed by atoms with E-state index in [2.05, 4.69) is 31.2 Å². The number of nitrogens with one attached hydrogen (secondary N) is 1. The van der Waals surface area contributed by atoms with Gasteiger partial charge in [0.15, 0.2) is 5.82 Å². The maximum Gasteiger partial charge on any atom is 0.222 e. The van der Waals surface area contributed by atoms with Crippen LogP contribution in [0.15, 0.2) is 17.0 Å². The Bertz CT molecular complexity index is 259. The smallest absolute Gasteiger partial charge is 0.222 e. The number of hydrogen-bond donors (Lipinski definition) is 1. The van der Waals surface area contributed by atoms with Crippen molar-refractivity contribution >= 4 is 27.7 Å². The lowest BCUT2D eigenvalue weighted by molar-refractivity contribution is -0.114. The number of aromatic nitrogens is 2. The number of amides is 1. The van der Waals surface area contributed by atoms with Gasteiger partial charge in [0.1, 0.15) is 4.60 Å². The van der Waals surface area contributed by atoms with Crippen LogP contribution in [0.25, 0.3) is 0 Å². The third-order valence-electron chi connectivity index (χ3n) is 0.924. The molecule has 0 aliphatic carbocycles. The largest absolute Gasteiger partial charge is 0.310 e. The lowest BCUT2D eigenvalue weighted by atomic mass is 10.6. The second kappa shape index (κ2) is 3.43. The molecular weight excluding hydrogens is 210 g/mol. The Balaban J connectivity index is 2.74. The molecule has 0 spiro atoms. The highest BCUT2D eigenvalue weighted by atomic mass is 79.9. The van der Waals surface area contributed by atoms with Crippen LogP contribution in [0.4, 0.5) is 5.82 Å². The Hall–Kier alpha value is -0.970. The quantitative estimate of drug-likeness (QED) is 0.767. The highest BCUT2D eigenvalue weighted by Crippen LogP contribution is 2.05. The lowest BCUT2D eigenvalue weighted by Gasteiger charge is -1.97. The van der Waals surface area contributed by atoms with Gasteiger partial charge in [-0.15, -0.1) is 0 Å². The average Bonchev–Trinajstić information content (AvgIpc) is 1.93. The highest BCUT2D eigenvalue weighted by Gasteiger charge is 1.95. The lowest BCUT2D eigenvalue weighted by Crippen LogP contribution is -2.07. The molecule has 1 N–H and O–H groups in total. The standard InChI is InChI=1S/C6H6BrN3O/c1-4(11)10-6-3-8-5(7)2-9-6/h2-3H,1H3,(H,9,10,11). The summed E-state index contributed by atoms with van der Waals surface area (Å²) < 4.78 is 0.645. The molecule has 4 nitrogen and oxygen atoms in total. The topological polar surface area (TPSA) is 54.9 Å². The van der Waals surface area contributed by atoms with Crippen molar-refractivity contribution in [2.45, 2.75) is 6.92 Å². The van der Waals surface area contributed by atoms with Gasteiger partial charge in [-0.05, 0) is 15.9 Å². The molecule has 0 aromatic carbocycles. The number of rotatable bonds is 1. The molecule has 1 amide bonds. The highest BCUT2D eigenvalue weighted by molar-refractivity contribution is 9.10. The minimum Gasteiger partial charge on any atom is -0.310 e. The molecule has 0 saturated heterocycles. The molecule has 0 fully saturated rings. The number of carbonyl (C=O) groups is 1. The first kappa shape index (κ1) is 8.13. The summed E-state index contributed by atoms with van der Waals surface area (Å²) in [5.41, 5.74) is 0. The van der Waals surface area contributed by atoms with Gasteiger partial charge in [-0.3, -0.25) is 4.79 Å². The van der Waals surface area contributed by atoms with Crippen molar-refractivity contribution < 1.29 is 4.79 Å². The molecule has 1 heterocycles. The fourth-order valence-corrected chi connectivity index (χ4v) is 0.762. The summed E-state index contributed by atoms with van der Waals surface area (Å²) in [5.74, 6) is 0.308. The zero-order valence-electron chi connectivity index (χ0n) is 5.84. The zero-order chi connectivity index (χ0) is 8.27. The van der Waals surface area contributed by atoms with Crippen LogP contribution in [0.3, 0.4) is 0 Å². The second-order valence-electron chi connectivity index (χ2n) is 1.91. The molecule has 0 atom stereocenters. The predicted molar refractivity (Wildman–Crippen MR) is 44.0 cm³/mol. The van der Waals surface area contributed by atoms with Crippen molar-refractivity contribution in [3.63, 3.8) is 0 Å². The van der Waals surface area contributed by atoms with Gasteiger partial charge in [0.25, 0.3) is 0 Å². The van der Waals surface area contributed by atoms with E-state index >= 15 is 0 Å². The van der Waals surface area contributed by atoms with Gasteiger partial charge in [0.05, 0.1) is 12.4 Å². The van der Waals surface area contributed by atoms with E-state index in [-0.39, 0.29) is 5.91 Å². The van der Waals surface area contributed by atoms with E-state index in [0.717, 1.165) is 0 Å². The van der Waals surface area contributed by atoms with Crippen molar-refractivity contribution in [1.29, 1.82) is 0 Å². The van der Waals surface area contributed by atoms with Crippen molar-refractivity contribution in [3.8, 4) is 0 Å². The van der Waals surface area contributed by atoms with E-state index in [4.69, 9.17) is 0 Å². The third kappa shape index (κ3) is 2.63. The summed E-state index contributed by atoms with van der Waals surface area (Å²) in [4.78, 5) is 18.3. The number of anilines is 1. The Morgan fingerprint density at radius 2 is 2.27 bits per heavy atom. The van der Waals surface area contributed by atoms with E-state index in [1.54, 1.807) is 0 Å². The Morgan fingerprint density at radius 3 is 2.73 bits per heavy atom. The molecule has 1 aromatic heterocycles. The van der Waals surface area contributed by atoms with Gasteiger partial charge in [-0.25, -0.2) is 9.97 Å². The van der Waals surface area contributed by atoms with E-state index < -0.39 is 0 Å². The molecule has 11 heavy (non-hydrogen) atoms. The minimum atomic E-state index is -0.151. The zero-order valence-corrected chi connectivity index (χ0v) is 7.42. The van der Waals surface area contributed by atoms with E-state index in [9.17, 15) is 4.79 Å². The van der Waals surface area contributed by atoms with Crippen LogP contribution in [0.5, 0.6) is 0 Å². The average molecular weight is 216 g/mol. The normalized spacial score (nSPS) is 9.27. The summed E-state index contributed by atoms with van der Waals surface area (Å²) in [6.07, 6.45) is 3.00. The Morgan fingerprint density at radius 1 is 1.55 bits per heavy atom.